The van der Waals surface area contributed by atoms with Crippen molar-refractivity contribution in [3.8, 4) is 17.4 Å². The van der Waals surface area contributed by atoms with Crippen LogP contribution in [0.2, 0.25) is 0 Å². The zero-order valence-electron chi connectivity index (χ0n) is 18.3. The van der Waals surface area contributed by atoms with Gasteiger partial charge in [-0.1, -0.05) is 0 Å². The van der Waals surface area contributed by atoms with E-state index in [-0.39, 0.29) is 18.2 Å². The zero-order chi connectivity index (χ0) is 22.7. The van der Waals surface area contributed by atoms with Gasteiger partial charge >= 0.3 is 0 Å². The lowest BCUT2D eigenvalue weighted by Crippen LogP contribution is -2.49. The molecule has 0 N–H and O–H groups in total. The summed E-state index contributed by atoms with van der Waals surface area (Å²) in [6.45, 7) is 2.52. The van der Waals surface area contributed by atoms with E-state index in [0.717, 1.165) is 17.2 Å². The second-order valence-electron chi connectivity index (χ2n) is 7.43. The number of hydrogen-bond acceptors (Lipinski definition) is 7. The van der Waals surface area contributed by atoms with Gasteiger partial charge in [-0.25, -0.2) is 14.4 Å². The number of aromatic nitrogens is 2. The van der Waals surface area contributed by atoms with Crippen molar-refractivity contribution in [2.75, 3.05) is 52.4 Å². The van der Waals surface area contributed by atoms with Crippen LogP contribution in [0.4, 0.5) is 10.1 Å². The Morgan fingerprint density at radius 3 is 2.22 bits per heavy atom. The fourth-order valence-corrected chi connectivity index (χ4v) is 3.77. The maximum Gasteiger partial charge on any atom is 0.236 e. The van der Waals surface area contributed by atoms with Crippen molar-refractivity contribution in [3.63, 3.8) is 0 Å². The van der Waals surface area contributed by atoms with Crippen molar-refractivity contribution in [2.24, 2.45) is 0 Å². The highest BCUT2D eigenvalue weighted by Gasteiger charge is 2.24. The molecule has 1 aromatic heterocycles. The van der Waals surface area contributed by atoms with Crippen molar-refractivity contribution < 1.29 is 23.4 Å². The Kier molecular flexibility index (Phi) is 6.25. The summed E-state index contributed by atoms with van der Waals surface area (Å²) < 4.78 is 29.5. The number of methoxy groups -OCH3 is 3. The average Bonchev–Trinajstić information content (AvgIpc) is 2.83. The van der Waals surface area contributed by atoms with Crippen LogP contribution in [0.15, 0.2) is 36.4 Å². The molecule has 9 heteroatoms. The Morgan fingerprint density at radius 2 is 1.59 bits per heavy atom. The van der Waals surface area contributed by atoms with E-state index in [1.165, 1.54) is 19.2 Å². The van der Waals surface area contributed by atoms with Gasteiger partial charge in [-0.05, 0) is 12.1 Å². The molecule has 4 rings (SSSR count). The number of amides is 1. The number of carbonyl (C=O) groups excluding carboxylic acids is 1. The Morgan fingerprint density at radius 1 is 0.906 bits per heavy atom. The van der Waals surface area contributed by atoms with E-state index in [0.29, 0.717) is 42.9 Å². The summed E-state index contributed by atoms with van der Waals surface area (Å²) in [7, 11) is 4.70. The molecule has 32 heavy (non-hydrogen) atoms. The number of anilines is 1. The topological polar surface area (TPSA) is 77.0 Å². The van der Waals surface area contributed by atoms with Crippen LogP contribution in [0.25, 0.3) is 11.0 Å². The van der Waals surface area contributed by atoms with Gasteiger partial charge in [0.15, 0.2) is 0 Å². The molecule has 0 saturated carbocycles. The lowest BCUT2D eigenvalue weighted by atomic mass is 10.2. The highest BCUT2D eigenvalue weighted by Crippen LogP contribution is 2.29. The highest BCUT2D eigenvalue weighted by molar-refractivity contribution is 5.81. The number of halogens is 1. The molecule has 2 heterocycles. The zero-order valence-corrected chi connectivity index (χ0v) is 18.3. The molecule has 1 saturated heterocycles. The predicted molar refractivity (Wildman–Crippen MR) is 118 cm³/mol. The van der Waals surface area contributed by atoms with Crippen LogP contribution in [-0.4, -0.2) is 68.3 Å². The minimum Gasteiger partial charge on any atom is -0.497 e. The molecule has 1 aliphatic heterocycles. The highest BCUT2D eigenvalue weighted by atomic mass is 19.1. The summed E-state index contributed by atoms with van der Waals surface area (Å²) in [5.74, 6) is 1.23. The molecule has 0 spiro atoms. The fourth-order valence-electron chi connectivity index (χ4n) is 3.77. The molecule has 2 aromatic carbocycles. The van der Waals surface area contributed by atoms with Crippen LogP contribution in [0, 0.1) is 5.82 Å². The van der Waals surface area contributed by atoms with E-state index >= 15 is 0 Å². The van der Waals surface area contributed by atoms with Crippen LogP contribution < -0.4 is 19.1 Å². The number of piperazine rings is 1. The minimum absolute atomic E-state index is 0.0538. The maximum atomic E-state index is 13.5. The van der Waals surface area contributed by atoms with Crippen molar-refractivity contribution in [2.45, 2.75) is 6.42 Å². The summed E-state index contributed by atoms with van der Waals surface area (Å²) in [4.78, 5) is 25.8. The van der Waals surface area contributed by atoms with Gasteiger partial charge < -0.3 is 24.0 Å². The average molecular weight is 440 g/mol. The standard InChI is InChI=1S/C23H25FN4O4/c1-30-17-11-16(12-18(13-17)31-2)27-6-8-28(9-7-27)22(29)14-21-23(32-3)26-20-10-15(24)4-5-19(20)25-21/h4-5,10-13H,6-9,14H2,1-3H3. The van der Waals surface area contributed by atoms with Gasteiger partial charge in [-0.2, -0.15) is 0 Å². The first-order valence-corrected chi connectivity index (χ1v) is 10.3. The van der Waals surface area contributed by atoms with E-state index in [9.17, 15) is 9.18 Å². The van der Waals surface area contributed by atoms with Crippen LogP contribution in [0.3, 0.4) is 0 Å². The summed E-state index contributed by atoms with van der Waals surface area (Å²) in [6.07, 6.45) is 0.0659. The van der Waals surface area contributed by atoms with Crippen molar-refractivity contribution in [1.29, 1.82) is 0 Å². The first kappa shape index (κ1) is 21.6. The molecule has 8 nitrogen and oxygen atoms in total. The van der Waals surface area contributed by atoms with Crippen LogP contribution in [0.1, 0.15) is 5.69 Å². The Balaban J connectivity index is 1.45. The summed E-state index contributed by atoms with van der Waals surface area (Å²) in [5, 5.41) is 0. The Bertz CT molecular complexity index is 1110. The third kappa shape index (κ3) is 4.51. The van der Waals surface area contributed by atoms with Crippen LogP contribution >= 0.6 is 0 Å². The summed E-state index contributed by atoms with van der Waals surface area (Å²) in [5.41, 5.74) is 2.34. The Labute approximate surface area is 185 Å². The monoisotopic (exact) mass is 440 g/mol. The molecule has 0 atom stereocenters. The predicted octanol–water partition coefficient (Wildman–Crippen LogP) is 2.69. The molecule has 0 bridgehead atoms. The first-order chi connectivity index (χ1) is 15.5. The van der Waals surface area contributed by atoms with Gasteiger partial charge in [0, 0.05) is 56.1 Å². The van der Waals surface area contributed by atoms with E-state index in [1.807, 2.05) is 23.1 Å². The van der Waals surface area contributed by atoms with Gasteiger partial charge in [0.25, 0.3) is 0 Å². The smallest absolute Gasteiger partial charge is 0.236 e. The van der Waals surface area contributed by atoms with Gasteiger partial charge in [0.05, 0.1) is 38.8 Å². The Hall–Kier alpha value is -3.62. The number of fused-ring (bicyclic) bond motifs is 1. The van der Waals surface area contributed by atoms with Crippen LogP contribution in [0.5, 0.6) is 17.4 Å². The SMILES string of the molecule is COc1cc(OC)cc(N2CCN(C(=O)Cc3nc4ccc(F)cc4nc3OC)CC2)c1. The van der Waals surface area contributed by atoms with Gasteiger partial charge in [0.1, 0.15) is 23.0 Å². The fraction of sp³-hybridized carbons (Fsp3) is 0.348. The minimum atomic E-state index is -0.399. The van der Waals surface area contributed by atoms with Gasteiger partial charge in [0.2, 0.25) is 11.8 Å². The lowest BCUT2D eigenvalue weighted by Gasteiger charge is -2.36. The van der Waals surface area contributed by atoms with Crippen molar-refractivity contribution in [1.82, 2.24) is 14.9 Å². The van der Waals surface area contributed by atoms with Crippen molar-refractivity contribution >= 4 is 22.6 Å². The number of carbonyl (C=O) groups is 1. The van der Waals surface area contributed by atoms with Gasteiger partial charge in [-0.15, -0.1) is 0 Å². The van der Waals surface area contributed by atoms with Crippen LogP contribution in [-0.2, 0) is 11.2 Å². The number of hydrogen-bond donors (Lipinski definition) is 0. The molecule has 0 radical (unpaired) electrons. The first-order valence-electron chi connectivity index (χ1n) is 10.3. The molecule has 3 aromatic rings. The second-order valence-corrected chi connectivity index (χ2v) is 7.43. The molecular weight excluding hydrogens is 415 g/mol. The van der Waals surface area contributed by atoms with Crippen molar-refractivity contribution in [3.05, 3.63) is 47.9 Å². The molecule has 168 valence electrons. The quantitative estimate of drug-likeness (QED) is 0.583. The van der Waals surface area contributed by atoms with E-state index < -0.39 is 5.82 Å². The molecule has 1 amide bonds. The molecule has 0 unspecified atom stereocenters. The third-order valence-corrected chi connectivity index (χ3v) is 5.51. The summed E-state index contributed by atoms with van der Waals surface area (Å²) in [6, 6.07) is 9.91. The third-order valence-electron chi connectivity index (χ3n) is 5.51. The number of ether oxygens (including phenoxy) is 3. The number of nitrogens with zero attached hydrogens (tertiary/aromatic N) is 4. The second kappa shape index (κ2) is 9.25. The van der Waals surface area contributed by atoms with Gasteiger partial charge in [-0.3, -0.25) is 4.79 Å². The molecule has 1 aliphatic rings. The molecule has 1 fully saturated rings. The van der Waals surface area contributed by atoms with E-state index in [1.54, 1.807) is 20.3 Å². The lowest BCUT2D eigenvalue weighted by molar-refractivity contribution is -0.130. The van der Waals surface area contributed by atoms with E-state index in [4.69, 9.17) is 14.2 Å². The van der Waals surface area contributed by atoms with E-state index in [2.05, 4.69) is 14.9 Å². The maximum absolute atomic E-state index is 13.5. The summed E-state index contributed by atoms with van der Waals surface area (Å²) >= 11 is 0. The molecule has 0 aliphatic carbocycles. The normalized spacial score (nSPS) is 13.9. The number of rotatable bonds is 6. The largest absolute Gasteiger partial charge is 0.497 e. The molecular formula is C23H25FN4O4. The number of benzene rings is 2.